The zero-order valence-corrected chi connectivity index (χ0v) is 13.3. The molecule has 0 unspecified atom stereocenters. The molecule has 1 aromatic carbocycles. The van der Waals surface area contributed by atoms with Crippen LogP contribution in [0.25, 0.3) is 0 Å². The van der Waals surface area contributed by atoms with Crippen molar-refractivity contribution in [1.29, 1.82) is 0 Å². The van der Waals surface area contributed by atoms with Crippen molar-refractivity contribution in [1.82, 2.24) is 5.34 Å². The molecule has 8 nitrogen and oxygen atoms in total. The van der Waals surface area contributed by atoms with Crippen LogP contribution < -0.4 is 10.3 Å². The molecule has 3 rings (SSSR count). The molecule has 25 heavy (non-hydrogen) atoms. The summed E-state index contributed by atoms with van der Waals surface area (Å²) in [6.45, 7) is 1.97. The maximum atomic E-state index is 13.8. The lowest BCUT2D eigenvalue weighted by atomic mass is 10.1. The van der Waals surface area contributed by atoms with E-state index in [1.54, 1.807) is 0 Å². The number of carbonyl (C=O) groups excluding carboxylic acids is 2. The van der Waals surface area contributed by atoms with Crippen LogP contribution in [0.1, 0.15) is 25.3 Å². The second-order valence-electron chi connectivity index (χ2n) is 5.69. The van der Waals surface area contributed by atoms with Crippen LogP contribution in [0.3, 0.4) is 0 Å². The van der Waals surface area contributed by atoms with Crippen molar-refractivity contribution in [3.63, 3.8) is 0 Å². The average Bonchev–Trinajstić information content (AvgIpc) is 3.06. The van der Waals surface area contributed by atoms with Crippen molar-refractivity contribution in [3.8, 4) is 0 Å². The monoisotopic (exact) mass is 356 g/mol. The zero-order chi connectivity index (χ0) is 18.2. The Labute approximate surface area is 141 Å². The van der Waals surface area contributed by atoms with Gasteiger partial charge < -0.3 is 15.3 Å². The van der Waals surface area contributed by atoms with Crippen LogP contribution in [-0.4, -0.2) is 36.5 Å². The van der Waals surface area contributed by atoms with Crippen LogP contribution in [0.15, 0.2) is 18.2 Å². The number of halogens is 2. The van der Waals surface area contributed by atoms with Crippen LogP contribution in [0.2, 0.25) is 0 Å². The molecule has 2 aliphatic heterocycles. The first-order valence-corrected chi connectivity index (χ1v) is 7.76. The van der Waals surface area contributed by atoms with E-state index >= 15 is 0 Å². The van der Waals surface area contributed by atoms with Gasteiger partial charge in [0.25, 0.3) is 5.91 Å². The molecule has 0 aliphatic carbocycles. The van der Waals surface area contributed by atoms with E-state index in [9.17, 15) is 23.6 Å². The Morgan fingerprint density at radius 1 is 1.52 bits per heavy atom. The Balaban J connectivity index is 1.74. The quantitative estimate of drug-likeness (QED) is 0.636. The second-order valence-corrected chi connectivity index (χ2v) is 5.69. The van der Waals surface area contributed by atoms with Gasteiger partial charge in [-0.3, -0.25) is 14.6 Å². The molecule has 0 bridgehead atoms. The summed E-state index contributed by atoms with van der Waals surface area (Å²) in [6.07, 6.45) is 0.377. The Morgan fingerprint density at radius 2 is 2.28 bits per heavy atom. The Hall–Kier alpha value is -2.30. The standard InChI is InChI=1S/C15H16F2N3O5/c1-2-3-6-24-13(21)12-8-19(20(23)25-12)9-4-5-11-10(7-9)15(16,17)14(22)18-11/h4-5,7,12H,2-3,6,8H2,1H3,(H,18,22)/q-1/t12-/m1/s1. The number of benzene rings is 1. The summed E-state index contributed by atoms with van der Waals surface area (Å²) in [5, 5.41) is 15.0. The SMILES string of the molecule is CCCCOC(=O)[C@H]1CN(c2ccc3c(c2)C(F)(F)C(=O)N3)N([O-])O1. The van der Waals surface area contributed by atoms with E-state index in [2.05, 4.69) is 5.32 Å². The van der Waals surface area contributed by atoms with Crippen molar-refractivity contribution in [2.24, 2.45) is 0 Å². The highest BCUT2D eigenvalue weighted by atomic mass is 19.3. The van der Waals surface area contributed by atoms with E-state index in [0.717, 1.165) is 17.5 Å². The van der Waals surface area contributed by atoms with Crippen LogP contribution in [0.5, 0.6) is 0 Å². The normalized spacial score (nSPS) is 22.0. The number of amides is 1. The van der Waals surface area contributed by atoms with Gasteiger partial charge in [-0.05, 0) is 24.6 Å². The van der Waals surface area contributed by atoms with Crippen molar-refractivity contribution in [2.45, 2.75) is 31.8 Å². The number of anilines is 2. The first kappa shape index (κ1) is 17.5. The molecule has 0 aromatic heterocycles. The van der Waals surface area contributed by atoms with Gasteiger partial charge in [-0.1, -0.05) is 13.3 Å². The predicted octanol–water partition coefficient (Wildman–Crippen LogP) is 1.91. The van der Waals surface area contributed by atoms with Crippen LogP contribution in [-0.2, 0) is 25.1 Å². The van der Waals surface area contributed by atoms with Crippen molar-refractivity contribution in [2.75, 3.05) is 23.5 Å². The van der Waals surface area contributed by atoms with E-state index in [1.807, 2.05) is 6.92 Å². The minimum Gasteiger partial charge on any atom is -0.743 e. The van der Waals surface area contributed by atoms with Crippen molar-refractivity contribution < 1.29 is 27.9 Å². The lowest BCUT2D eigenvalue weighted by molar-refractivity contribution is -0.172. The van der Waals surface area contributed by atoms with Crippen LogP contribution in [0, 0.1) is 5.21 Å². The van der Waals surface area contributed by atoms with Gasteiger partial charge in [0, 0.05) is 0 Å². The number of unbranched alkanes of at least 4 members (excludes halogenated alkanes) is 1. The van der Waals surface area contributed by atoms with E-state index in [1.165, 1.54) is 12.1 Å². The third-order valence-electron chi connectivity index (χ3n) is 3.93. The maximum absolute atomic E-state index is 13.8. The minimum absolute atomic E-state index is 0.0214. The summed E-state index contributed by atoms with van der Waals surface area (Å²) in [5.41, 5.74) is -0.474. The molecule has 2 heterocycles. The molecule has 2 aliphatic rings. The molecule has 0 saturated carbocycles. The smallest absolute Gasteiger partial charge is 0.352 e. The largest absolute Gasteiger partial charge is 0.743 e. The lowest BCUT2D eigenvalue weighted by Gasteiger charge is -2.31. The molecular formula is C15H16F2N3O5-. The summed E-state index contributed by atoms with van der Waals surface area (Å²) in [4.78, 5) is 28.0. The van der Waals surface area contributed by atoms with Gasteiger partial charge in [0.15, 0.2) is 6.10 Å². The summed E-state index contributed by atoms with van der Waals surface area (Å²) in [7, 11) is 0. The number of nitrogens with zero attached hydrogens (tertiary/aromatic N) is 2. The molecule has 10 heteroatoms. The Kier molecular flexibility index (Phi) is 4.58. The van der Waals surface area contributed by atoms with Crippen molar-refractivity contribution >= 4 is 23.3 Å². The molecule has 1 aromatic rings. The molecule has 0 spiro atoms. The highest BCUT2D eigenvalue weighted by molar-refractivity contribution is 6.04. The fourth-order valence-corrected chi connectivity index (χ4v) is 2.53. The number of hydrazine groups is 1. The highest BCUT2D eigenvalue weighted by Crippen LogP contribution is 2.42. The van der Waals surface area contributed by atoms with E-state index in [0.29, 0.717) is 6.42 Å². The Morgan fingerprint density at radius 3 is 3.00 bits per heavy atom. The second kappa shape index (κ2) is 6.54. The van der Waals surface area contributed by atoms with Crippen LogP contribution in [0.4, 0.5) is 20.2 Å². The summed E-state index contributed by atoms with van der Waals surface area (Å²) in [6, 6.07) is 3.66. The minimum atomic E-state index is -3.68. The number of hydrogen-bond acceptors (Lipinski definition) is 7. The summed E-state index contributed by atoms with van der Waals surface area (Å²) < 4.78 is 32.7. The van der Waals surface area contributed by atoms with E-state index in [4.69, 9.17) is 9.57 Å². The molecule has 1 saturated heterocycles. The first-order valence-electron chi connectivity index (χ1n) is 7.76. The molecule has 0 radical (unpaired) electrons. The first-order chi connectivity index (χ1) is 11.8. The molecule has 1 amide bonds. The number of rotatable bonds is 5. The highest BCUT2D eigenvalue weighted by Gasteiger charge is 2.48. The number of carbonyl (C=O) groups is 2. The number of nitrogens with one attached hydrogen (secondary N) is 1. The molecule has 1 fully saturated rings. The van der Waals surface area contributed by atoms with Gasteiger partial charge in [-0.25, -0.2) is 4.79 Å². The van der Waals surface area contributed by atoms with Gasteiger partial charge >= 0.3 is 11.9 Å². The zero-order valence-electron chi connectivity index (χ0n) is 13.3. The number of alkyl halides is 2. The lowest BCUT2D eigenvalue weighted by Crippen LogP contribution is -2.32. The Bertz CT molecular complexity index is 700. The van der Waals surface area contributed by atoms with Gasteiger partial charge in [0.05, 0.1) is 30.1 Å². The van der Waals surface area contributed by atoms with Crippen molar-refractivity contribution in [3.05, 3.63) is 29.0 Å². The van der Waals surface area contributed by atoms with Gasteiger partial charge in [-0.2, -0.15) is 14.1 Å². The number of hydrogen-bond donors (Lipinski definition) is 1. The predicted molar refractivity (Wildman–Crippen MR) is 82.3 cm³/mol. The maximum Gasteiger partial charge on any atom is 0.352 e. The third-order valence-corrected chi connectivity index (χ3v) is 3.93. The molecule has 136 valence electrons. The number of ether oxygens (including phenoxy) is 1. The van der Waals surface area contributed by atoms with E-state index < -0.39 is 29.5 Å². The topological polar surface area (TPSA) is 94.2 Å². The fraction of sp³-hybridized carbons (Fsp3) is 0.467. The van der Waals surface area contributed by atoms with Gasteiger partial charge in [-0.15, -0.1) is 0 Å². The molecule has 1 atom stereocenters. The van der Waals surface area contributed by atoms with E-state index in [-0.39, 0.29) is 29.9 Å². The molecular weight excluding hydrogens is 340 g/mol. The third kappa shape index (κ3) is 3.15. The van der Waals surface area contributed by atoms with Gasteiger partial charge in [0.1, 0.15) is 0 Å². The average molecular weight is 356 g/mol. The summed E-state index contributed by atoms with van der Waals surface area (Å²) >= 11 is 0. The fourth-order valence-electron chi connectivity index (χ4n) is 2.53. The number of fused-ring (bicyclic) bond motifs is 1. The van der Waals surface area contributed by atoms with Gasteiger partial charge in [0.2, 0.25) is 0 Å². The number of esters is 1. The summed E-state index contributed by atoms with van der Waals surface area (Å²) in [5.74, 6) is -5.80. The van der Waals surface area contributed by atoms with Crippen LogP contribution >= 0.6 is 0 Å². The molecule has 1 N–H and O–H groups in total.